The fourth-order valence-electron chi connectivity index (χ4n) is 12.0. The number of nitrogens with one attached hydrogen (secondary N) is 1. The van der Waals surface area contributed by atoms with Crippen molar-refractivity contribution in [1.82, 2.24) is 5.32 Å². The molecule has 0 saturated carbocycles. The van der Waals surface area contributed by atoms with E-state index in [1.807, 2.05) is 6.08 Å². The molecule has 0 aromatic heterocycles. The molecule has 82 heavy (non-hydrogen) atoms. The molecule has 3 N–H and O–H groups in total. The highest BCUT2D eigenvalue weighted by Gasteiger charge is 2.18. The predicted molar refractivity (Wildman–Crippen MR) is 361 cm³/mol. The van der Waals surface area contributed by atoms with E-state index in [0.717, 1.165) is 38.5 Å². The minimum atomic E-state index is -0.847. The largest absolute Gasteiger partial charge is 0.466 e. The number of unbranched alkanes of at least 4 members (excludes halogenated alkanes) is 58. The van der Waals surface area contributed by atoms with Crippen LogP contribution in [0, 0.1) is 0 Å². The summed E-state index contributed by atoms with van der Waals surface area (Å²) in [6, 6.07) is -0.630. The number of carbonyl (C=O) groups excluding carboxylic acids is 2. The molecule has 6 heteroatoms. The van der Waals surface area contributed by atoms with Crippen LogP contribution in [0.5, 0.6) is 0 Å². The molecule has 0 aromatic rings. The quantitative estimate of drug-likeness (QED) is 0.0320. The van der Waals surface area contributed by atoms with Gasteiger partial charge in [-0.2, -0.15) is 0 Å². The summed E-state index contributed by atoms with van der Waals surface area (Å²) in [5.41, 5.74) is 0. The van der Waals surface area contributed by atoms with Crippen LogP contribution in [-0.4, -0.2) is 47.4 Å². The van der Waals surface area contributed by atoms with Crippen LogP contribution in [0.1, 0.15) is 425 Å². The van der Waals surface area contributed by atoms with Gasteiger partial charge in [-0.05, 0) is 57.8 Å². The van der Waals surface area contributed by atoms with E-state index in [0.29, 0.717) is 19.4 Å². The molecule has 2 unspecified atom stereocenters. The summed E-state index contributed by atoms with van der Waals surface area (Å²) < 4.78 is 5.51. The summed E-state index contributed by atoms with van der Waals surface area (Å²) in [6.07, 6.45) is 91.3. The molecule has 0 saturated heterocycles. The van der Waals surface area contributed by atoms with Crippen molar-refractivity contribution in [3.63, 3.8) is 0 Å². The smallest absolute Gasteiger partial charge is 0.305 e. The van der Waals surface area contributed by atoms with Gasteiger partial charge in [-0.3, -0.25) is 9.59 Å². The van der Waals surface area contributed by atoms with E-state index in [9.17, 15) is 19.8 Å². The molecule has 0 aromatic carbocycles. The molecule has 6 nitrogen and oxygen atoms in total. The third-order valence-corrected chi connectivity index (χ3v) is 17.7. The number of ether oxygens (including phenoxy) is 1. The van der Waals surface area contributed by atoms with Crippen LogP contribution >= 0.6 is 0 Å². The molecule has 486 valence electrons. The Kier molecular flexibility index (Phi) is 70.4. The van der Waals surface area contributed by atoms with Crippen molar-refractivity contribution < 1.29 is 24.5 Å². The first kappa shape index (κ1) is 80.3. The summed E-state index contributed by atoms with van der Waals surface area (Å²) in [6.45, 7) is 4.95. The Morgan fingerprint density at radius 3 is 0.866 bits per heavy atom. The second-order valence-corrected chi connectivity index (χ2v) is 26.0. The molecule has 0 aliphatic heterocycles. The van der Waals surface area contributed by atoms with Crippen LogP contribution < -0.4 is 5.32 Å². The molecule has 0 bridgehead atoms. The van der Waals surface area contributed by atoms with Gasteiger partial charge in [0.15, 0.2) is 0 Å². The van der Waals surface area contributed by atoms with E-state index in [1.54, 1.807) is 6.08 Å². The second kappa shape index (κ2) is 71.8. The van der Waals surface area contributed by atoms with Crippen molar-refractivity contribution in [3.05, 3.63) is 24.3 Å². The lowest BCUT2D eigenvalue weighted by Crippen LogP contribution is -2.45. The Morgan fingerprint density at radius 2 is 0.573 bits per heavy atom. The Hall–Kier alpha value is -1.66. The maximum atomic E-state index is 12.5. The number of rotatable bonds is 71. The highest BCUT2D eigenvalue weighted by Crippen LogP contribution is 2.19. The van der Waals surface area contributed by atoms with E-state index in [1.165, 1.54) is 360 Å². The number of allylic oxidation sites excluding steroid dienone is 3. The maximum absolute atomic E-state index is 12.5. The van der Waals surface area contributed by atoms with Crippen molar-refractivity contribution >= 4 is 11.9 Å². The zero-order valence-corrected chi connectivity index (χ0v) is 55.8. The van der Waals surface area contributed by atoms with Crippen molar-refractivity contribution in [2.24, 2.45) is 0 Å². The monoisotopic (exact) mass is 1150 g/mol. The van der Waals surface area contributed by atoms with Crippen LogP contribution in [0.2, 0.25) is 0 Å². The number of hydrogen-bond acceptors (Lipinski definition) is 5. The minimum Gasteiger partial charge on any atom is -0.466 e. The van der Waals surface area contributed by atoms with Crippen molar-refractivity contribution in [2.45, 2.75) is 437 Å². The van der Waals surface area contributed by atoms with Gasteiger partial charge in [0.05, 0.1) is 25.4 Å². The SMILES string of the molecule is CCCCCCCCCCCCCCCCCCCCC/C=C/C(O)C(CO)NC(=O)CCCCCCCCCCCC/C=C\CCCCCCCCCCCCCCOC(=O)CCCCCCCCCCCCCCCCCCCC. The van der Waals surface area contributed by atoms with Gasteiger partial charge in [0.2, 0.25) is 5.91 Å². The Balaban J connectivity index is 3.39. The zero-order valence-electron chi connectivity index (χ0n) is 55.8. The predicted octanol–water partition coefficient (Wildman–Crippen LogP) is 24.5. The number of esters is 1. The summed E-state index contributed by atoms with van der Waals surface area (Å²) >= 11 is 0. The molecule has 0 heterocycles. The van der Waals surface area contributed by atoms with Gasteiger partial charge >= 0.3 is 5.97 Å². The van der Waals surface area contributed by atoms with Crippen LogP contribution in [-0.2, 0) is 14.3 Å². The highest BCUT2D eigenvalue weighted by atomic mass is 16.5. The number of aliphatic hydroxyl groups is 2. The fourth-order valence-corrected chi connectivity index (χ4v) is 12.0. The summed E-state index contributed by atoms with van der Waals surface area (Å²) in [5.74, 6) is -0.0461. The molecular weight excluding hydrogens is 1010 g/mol. The Morgan fingerprint density at radius 1 is 0.329 bits per heavy atom. The third-order valence-electron chi connectivity index (χ3n) is 17.7. The van der Waals surface area contributed by atoms with Crippen molar-refractivity contribution in [3.8, 4) is 0 Å². The average molecular weight is 1160 g/mol. The van der Waals surface area contributed by atoms with Gasteiger partial charge in [0.1, 0.15) is 0 Å². The molecule has 0 aliphatic rings. The summed E-state index contributed by atoms with van der Waals surface area (Å²) in [7, 11) is 0. The van der Waals surface area contributed by atoms with Gasteiger partial charge in [0, 0.05) is 12.8 Å². The molecule has 1 amide bonds. The van der Waals surface area contributed by atoms with Gasteiger partial charge in [-0.1, -0.05) is 378 Å². The van der Waals surface area contributed by atoms with Crippen LogP contribution in [0.15, 0.2) is 24.3 Å². The van der Waals surface area contributed by atoms with Crippen LogP contribution in [0.25, 0.3) is 0 Å². The highest BCUT2D eigenvalue weighted by molar-refractivity contribution is 5.76. The molecular formula is C76H147NO5. The first-order chi connectivity index (χ1) is 40.5. The van der Waals surface area contributed by atoms with Crippen LogP contribution in [0.3, 0.4) is 0 Å². The number of hydrogen-bond donors (Lipinski definition) is 3. The minimum absolute atomic E-state index is 0.0193. The van der Waals surface area contributed by atoms with E-state index < -0.39 is 12.1 Å². The van der Waals surface area contributed by atoms with E-state index in [-0.39, 0.29) is 18.5 Å². The first-order valence-electron chi connectivity index (χ1n) is 37.6. The van der Waals surface area contributed by atoms with E-state index >= 15 is 0 Å². The van der Waals surface area contributed by atoms with E-state index in [4.69, 9.17) is 4.74 Å². The standard InChI is InChI=1S/C76H147NO5/c1-3-5-7-9-11-13-15-17-19-21-23-30-33-36-40-44-48-52-56-60-64-68-74(79)73(72-78)77-75(80)69-65-61-57-53-49-45-41-37-34-31-28-26-24-25-27-29-32-35-39-43-47-51-55-59-63-67-71-82-76(81)70-66-62-58-54-50-46-42-38-22-20-18-16-14-12-10-8-6-4-2/h24,26,64,68,73-74,78-79H,3-23,25,27-63,65-67,69-72H2,1-2H3,(H,77,80)/b26-24-,68-64+. The summed E-state index contributed by atoms with van der Waals surface area (Å²) in [5, 5.41) is 23.3. The second-order valence-electron chi connectivity index (χ2n) is 26.0. The molecule has 0 radical (unpaired) electrons. The van der Waals surface area contributed by atoms with Gasteiger partial charge in [0.25, 0.3) is 0 Å². The third kappa shape index (κ3) is 67.5. The van der Waals surface area contributed by atoms with Gasteiger partial charge in [-0.15, -0.1) is 0 Å². The number of aliphatic hydroxyl groups excluding tert-OH is 2. The molecule has 0 spiro atoms. The van der Waals surface area contributed by atoms with Gasteiger partial charge < -0.3 is 20.3 Å². The lowest BCUT2D eigenvalue weighted by molar-refractivity contribution is -0.143. The van der Waals surface area contributed by atoms with Crippen LogP contribution in [0.4, 0.5) is 0 Å². The number of amides is 1. The van der Waals surface area contributed by atoms with E-state index in [2.05, 4.69) is 31.3 Å². The average Bonchev–Trinajstić information content (AvgIpc) is 3.48. The fraction of sp³-hybridized carbons (Fsp3) is 0.921. The number of carbonyl (C=O) groups is 2. The molecule has 0 aliphatic carbocycles. The first-order valence-corrected chi connectivity index (χ1v) is 37.6. The lowest BCUT2D eigenvalue weighted by atomic mass is 10.0. The van der Waals surface area contributed by atoms with Crippen molar-refractivity contribution in [1.29, 1.82) is 0 Å². The Labute approximate surface area is 513 Å². The Bertz CT molecular complexity index is 1280. The lowest BCUT2D eigenvalue weighted by Gasteiger charge is -2.20. The summed E-state index contributed by atoms with van der Waals surface area (Å²) in [4.78, 5) is 24.6. The van der Waals surface area contributed by atoms with Gasteiger partial charge in [-0.25, -0.2) is 0 Å². The van der Waals surface area contributed by atoms with Crippen molar-refractivity contribution in [2.75, 3.05) is 13.2 Å². The maximum Gasteiger partial charge on any atom is 0.305 e. The zero-order chi connectivity index (χ0) is 59.2. The normalized spacial score (nSPS) is 12.6. The topological polar surface area (TPSA) is 95.9 Å². The molecule has 2 atom stereocenters. The molecule has 0 rings (SSSR count). The molecule has 0 fully saturated rings.